The number of benzene rings is 1. The smallest absolute Gasteiger partial charge is 0.180 e. The van der Waals surface area contributed by atoms with Gasteiger partial charge in [-0.05, 0) is 5.56 Å². The maximum Gasteiger partial charge on any atom is 0.180 e. The maximum atomic E-state index is 8.88. The molecule has 64 valence electrons. The topological polar surface area (TPSA) is 73.6 Å². The summed E-state index contributed by atoms with van der Waals surface area (Å²) in [6, 6.07) is 12.8. The molecule has 0 saturated heterocycles. The second kappa shape index (κ2) is 3.71. The monoisotopic (exact) mass is 171 g/mol. The summed E-state index contributed by atoms with van der Waals surface area (Å²) >= 11 is 0. The molecule has 2 N–H and O–H groups in total. The summed E-state index contributed by atoms with van der Waals surface area (Å²) in [4.78, 5) is 0. The standard InChI is InChI=1S/C10H9N3/c11-6-10(7-12,8-13)9-4-2-1-3-5-9/h1-5H,6,11H2. The fourth-order valence-corrected chi connectivity index (χ4v) is 1.09. The van der Waals surface area contributed by atoms with Gasteiger partial charge < -0.3 is 5.73 Å². The zero-order chi connectivity index (χ0) is 9.73. The van der Waals surface area contributed by atoms with E-state index in [4.69, 9.17) is 16.3 Å². The van der Waals surface area contributed by atoms with Gasteiger partial charge in [0.15, 0.2) is 5.41 Å². The number of rotatable bonds is 2. The van der Waals surface area contributed by atoms with Crippen molar-refractivity contribution in [3.8, 4) is 12.1 Å². The third-order valence-corrected chi connectivity index (χ3v) is 1.95. The lowest BCUT2D eigenvalue weighted by Gasteiger charge is -2.15. The molecule has 0 aromatic heterocycles. The van der Waals surface area contributed by atoms with Gasteiger partial charge in [0.05, 0.1) is 12.1 Å². The quantitative estimate of drug-likeness (QED) is 0.719. The molecule has 1 aromatic rings. The molecular weight excluding hydrogens is 162 g/mol. The Balaban J connectivity index is 3.21. The molecule has 0 bridgehead atoms. The van der Waals surface area contributed by atoms with Crippen molar-refractivity contribution in [2.45, 2.75) is 5.41 Å². The molecule has 0 amide bonds. The van der Waals surface area contributed by atoms with Crippen LogP contribution in [0.5, 0.6) is 0 Å². The number of hydrogen-bond acceptors (Lipinski definition) is 3. The Morgan fingerprint density at radius 3 is 2.08 bits per heavy atom. The van der Waals surface area contributed by atoms with Crippen molar-refractivity contribution in [1.82, 2.24) is 0 Å². The van der Waals surface area contributed by atoms with Crippen LogP contribution in [0.1, 0.15) is 5.56 Å². The second-order valence-electron chi connectivity index (χ2n) is 2.70. The second-order valence-corrected chi connectivity index (χ2v) is 2.70. The minimum atomic E-state index is -1.19. The van der Waals surface area contributed by atoms with Gasteiger partial charge in [0, 0.05) is 6.54 Å². The highest BCUT2D eigenvalue weighted by Gasteiger charge is 2.30. The highest BCUT2D eigenvalue weighted by molar-refractivity contribution is 5.40. The molecule has 0 radical (unpaired) electrons. The highest BCUT2D eigenvalue weighted by Crippen LogP contribution is 2.20. The molecule has 0 unspecified atom stereocenters. The molecule has 0 saturated carbocycles. The Hall–Kier alpha value is -1.84. The molecule has 13 heavy (non-hydrogen) atoms. The number of hydrogen-bond donors (Lipinski definition) is 1. The summed E-state index contributed by atoms with van der Waals surface area (Å²) in [6.45, 7) is 0.0179. The third kappa shape index (κ3) is 1.51. The van der Waals surface area contributed by atoms with Gasteiger partial charge in [-0.2, -0.15) is 10.5 Å². The maximum absolute atomic E-state index is 8.88. The van der Waals surface area contributed by atoms with Crippen LogP contribution in [0.25, 0.3) is 0 Å². The predicted octanol–water partition coefficient (Wildman–Crippen LogP) is 0.930. The van der Waals surface area contributed by atoms with Crippen molar-refractivity contribution in [2.24, 2.45) is 5.73 Å². The Kier molecular flexibility index (Phi) is 2.64. The van der Waals surface area contributed by atoms with Gasteiger partial charge in [-0.1, -0.05) is 30.3 Å². The summed E-state index contributed by atoms with van der Waals surface area (Å²) in [5, 5.41) is 17.8. The minimum absolute atomic E-state index is 0.0179. The first-order valence-electron chi connectivity index (χ1n) is 3.87. The van der Waals surface area contributed by atoms with E-state index >= 15 is 0 Å². The van der Waals surface area contributed by atoms with E-state index in [0.29, 0.717) is 5.56 Å². The lowest BCUT2D eigenvalue weighted by Crippen LogP contribution is -2.31. The molecule has 0 aliphatic carbocycles. The minimum Gasteiger partial charge on any atom is -0.328 e. The third-order valence-electron chi connectivity index (χ3n) is 1.95. The van der Waals surface area contributed by atoms with Crippen LogP contribution in [-0.4, -0.2) is 6.54 Å². The van der Waals surface area contributed by atoms with Gasteiger partial charge in [0.25, 0.3) is 0 Å². The largest absolute Gasteiger partial charge is 0.328 e. The number of nitriles is 2. The summed E-state index contributed by atoms with van der Waals surface area (Å²) in [5.41, 5.74) is 4.88. The van der Waals surface area contributed by atoms with Crippen LogP contribution in [0.4, 0.5) is 0 Å². The van der Waals surface area contributed by atoms with Crippen LogP contribution in [0, 0.1) is 22.7 Å². The summed E-state index contributed by atoms with van der Waals surface area (Å²) in [5.74, 6) is 0. The number of nitrogens with two attached hydrogens (primary N) is 1. The van der Waals surface area contributed by atoms with E-state index in [1.54, 1.807) is 24.3 Å². The van der Waals surface area contributed by atoms with Gasteiger partial charge in [0.1, 0.15) is 0 Å². The van der Waals surface area contributed by atoms with Crippen molar-refractivity contribution >= 4 is 0 Å². The molecule has 0 aliphatic heterocycles. The lowest BCUT2D eigenvalue weighted by atomic mass is 9.84. The van der Waals surface area contributed by atoms with Gasteiger partial charge in [-0.3, -0.25) is 0 Å². The Morgan fingerprint density at radius 1 is 1.15 bits per heavy atom. The zero-order valence-corrected chi connectivity index (χ0v) is 7.07. The SMILES string of the molecule is N#CC(C#N)(CN)c1ccccc1. The van der Waals surface area contributed by atoms with Crippen LogP contribution in [-0.2, 0) is 5.41 Å². The average molecular weight is 171 g/mol. The molecule has 3 heteroatoms. The normalized spacial score (nSPS) is 10.1. The van der Waals surface area contributed by atoms with Crippen LogP contribution >= 0.6 is 0 Å². The molecule has 0 fully saturated rings. The fraction of sp³-hybridized carbons (Fsp3) is 0.200. The van der Waals surface area contributed by atoms with Crippen molar-refractivity contribution in [3.63, 3.8) is 0 Å². The van der Waals surface area contributed by atoms with Crippen LogP contribution in [0.2, 0.25) is 0 Å². The van der Waals surface area contributed by atoms with Crippen molar-refractivity contribution < 1.29 is 0 Å². The van der Waals surface area contributed by atoms with Gasteiger partial charge in [-0.25, -0.2) is 0 Å². The van der Waals surface area contributed by atoms with Crippen molar-refractivity contribution in [2.75, 3.05) is 6.54 Å². The van der Waals surface area contributed by atoms with Crippen LogP contribution < -0.4 is 5.73 Å². The first kappa shape index (κ1) is 9.25. The molecule has 1 rings (SSSR count). The number of nitrogens with zero attached hydrogens (tertiary/aromatic N) is 2. The van der Waals surface area contributed by atoms with E-state index in [0.717, 1.165) is 0 Å². The fourth-order valence-electron chi connectivity index (χ4n) is 1.09. The Morgan fingerprint density at radius 2 is 1.69 bits per heavy atom. The van der Waals surface area contributed by atoms with E-state index in [9.17, 15) is 0 Å². The predicted molar refractivity (Wildman–Crippen MR) is 48.4 cm³/mol. The van der Waals surface area contributed by atoms with Crippen molar-refractivity contribution in [1.29, 1.82) is 10.5 Å². The highest BCUT2D eigenvalue weighted by atomic mass is 14.6. The van der Waals surface area contributed by atoms with Gasteiger partial charge in [0.2, 0.25) is 0 Å². The van der Waals surface area contributed by atoms with Crippen molar-refractivity contribution in [3.05, 3.63) is 35.9 Å². The van der Waals surface area contributed by atoms with Crippen LogP contribution in [0.15, 0.2) is 30.3 Å². The molecule has 3 nitrogen and oxygen atoms in total. The van der Waals surface area contributed by atoms with E-state index in [2.05, 4.69) is 0 Å². The van der Waals surface area contributed by atoms with E-state index in [-0.39, 0.29) is 6.54 Å². The van der Waals surface area contributed by atoms with E-state index in [1.165, 1.54) is 0 Å². The lowest BCUT2D eigenvalue weighted by molar-refractivity contribution is 0.711. The summed E-state index contributed by atoms with van der Waals surface area (Å²) in [7, 11) is 0. The molecule has 0 spiro atoms. The average Bonchev–Trinajstić information content (AvgIpc) is 2.23. The molecule has 0 atom stereocenters. The Bertz CT molecular complexity index is 342. The zero-order valence-electron chi connectivity index (χ0n) is 7.07. The summed E-state index contributed by atoms with van der Waals surface area (Å²) < 4.78 is 0. The summed E-state index contributed by atoms with van der Waals surface area (Å²) in [6.07, 6.45) is 0. The van der Waals surface area contributed by atoms with Crippen LogP contribution in [0.3, 0.4) is 0 Å². The van der Waals surface area contributed by atoms with Gasteiger partial charge in [-0.15, -0.1) is 0 Å². The Labute approximate surface area is 77.0 Å². The molecule has 1 aromatic carbocycles. The first-order chi connectivity index (χ1) is 6.29. The van der Waals surface area contributed by atoms with E-state index < -0.39 is 5.41 Å². The molecule has 0 aliphatic rings. The molecular formula is C10H9N3. The first-order valence-corrected chi connectivity index (χ1v) is 3.87. The molecule has 0 heterocycles. The van der Waals surface area contributed by atoms with E-state index in [1.807, 2.05) is 18.2 Å². The van der Waals surface area contributed by atoms with Gasteiger partial charge >= 0.3 is 0 Å².